The van der Waals surface area contributed by atoms with Gasteiger partial charge >= 0.3 is 0 Å². The van der Waals surface area contributed by atoms with Gasteiger partial charge in [0.2, 0.25) is 0 Å². The molecule has 11 aromatic rings. The number of aromatic nitrogens is 1. The number of hydrogen-bond acceptors (Lipinski definition) is 2. The van der Waals surface area contributed by atoms with E-state index in [-0.39, 0.29) is 0 Å². The van der Waals surface area contributed by atoms with Crippen molar-refractivity contribution in [2.45, 2.75) is 0 Å². The SMILES string of the molecule is c1ccc(-c2ccc(N(c3ccc(-c4ccc(-n5c6ccccc6c6cc7ccccc7cc65)cc4)cc3)c3ccc(N(c4ccccc4)c4ccccc4)cc3)cc2)cc1. The summed E-state index contributed by atoms with van der Waals surface area (Å²) >= 11 is 0. The first-order valence-corrected chi connectivity index (χ1v) is 20.8. The number of para-hydroxylation sites is 3. The van der Waals surface area contributed by atoms with Crippen molar-refractivity contribution < 1.29 is 0 Å². The summed E-state index contributed by atoms with van der Waals surface area (Å²) in [6.45, 7) is 0. The lowest BCUT2D eigenvalue weighted by molar-refractivity contribution is 1.18. The van der Waals surface area contributed by atoms with Crippen molar-refractivity contribution in [1.29, 1.82) is 0 Å². The molecule has 3 heteroatoms. The molecule has 0 bridgehead atoms. The largest absolute Gasteiger partial charge is 0.311 e. The number of benzene rings is 10. The maximum absolute atomic E-state index is 2.40. The predicted octanol–water partition coefficient (Wildman–Crippen LogP) is 16.2. The van der Waals surface area contributed by atoms with Gasteiger partial charge in [0.1, 0.15) is 0 Å². The molecule has 0 spiro atoms. The van der Waals surface area contributed by atoms with Gasteiger partial charge in [-0.25, -0.2) is 0 Å². The highest BCUT2D eigenvalue weighted by molar-refractivity contribution is 6.13. The van der Waals surface area contributed by atoms with Crippen LogP contribution in [0.2, 0.25) is 0 Å². The molecular weight excluding hydrogens is 739 g/mol. The third-order valence-corrected chi connectivity index (χ3v) is 11.8. The van der Waals surface area contributed by atoms with E-state index in [1.54, 1.807) is 0 Å². The molecule has 0 amide bonds. The van der Waals surface area contributed by atoms with Crippen LogP contribution in [-0.4, -0.2) is 4.57 Å². The third-order valence-electron chi connectivity index (χ3n) is 11.8. The molecule has 0 aliphatic carbocycles. The van der Waals surface area contributed by atoms with E-state index in [0.717, 1.165) is 39.8 Å². The zero-order valence-corrected chi connectivity index (χ0v) is 33.5. The van der Waals surface area contributed by atoms with Gasteiger partial charge < -0.3 is 14.4 Å². The number of nitrogens with zero attached hydrogens (tertiary/aromatic N) is 3. The fourth-order valence-electron chi connectivity index (χ4n) is 8.77. The van der Waals surface area contributed by atoms with Crippen LogP contribution in [0.1, 0.15) is 0 Å². The molecule has 0 saturated heterocycles. The standard InChI is InChI=1S/C58H41N3/c1-4-14-42(15-5-1)43-24-30-50(31-25-43)60(53-38-36-52(37-39-53)59(48-18-6-2-7-19-48)49-20-8-3-9-21-49)51-32-26-44(27-33-51)45-28-34-54(35-29-45)61-57-23-13-12-22-55(57)56-40-46-16-10-11-17-47(46)41-58(56)61/h1-41H. The summed E-state index contributed by atoms with van der Waals surface area (Å²) in [5.41, 5.74) is 14.9. The van der Waals surface area contributed by atoms with Crippen LogP contribution in [0.15, 0.2) is 249 Å². The van der Waals surface area contributed by atoms with Crippen LogP contribution in [-0.2, 0) is 0 Å². The van der Waals surface area contributed by atoms with Crippen LogP contribution in [0.4, 0.5) is 34.1 Å². The van der Waals surface area contributed by atoms with Crippen LogP contribution in [0, 0.1) is 0 Å². The molecule has 0 fully saturated rings. The highest BCUT2D eigenvalue weighted by atomic mass is 15.2. The number of anilines is 6. The second-order valence-corrected chi connectivity index (χ2v) is 15.4. The molecule has 0 unspecified atom stereocenters. The quantitative estimate of drug-likeness (QED) is 0.145. The number of rotatable bonds is 9. The summed E-state index contributed by atoms with van der Waals surface area (Å²) in [5, 5.41) is 5.04. The Morgan fingerprint density at radius 1 is 0.246 bits per heavy atom. The third kappa shape index (κ3) is 6.78. The van der Waals surface area contributed by atoms with Gasteiger partial charge in [0.25, 0.3) is 0 Å². The molecule has 1 aromatic heterocycles. The van der Waals surface area contributed by atoms with Crippen LogP contribution in [0.25, 0.3) is 60.5 Å². The fourth-order valence-corrected chi connectivity index (χ4v) is 8.77. The summed E-state index contributed by atoms with van der Waals surface area (Å²) in [7, 11) is 0. The van der Waals surface area contributed by atoms with Gasteiger partial charge in [0, 0.05) is 50.6 Å². The molecule has 0 aliphatic heterocycles. The van der Waals surface area contributed by atoms with Crippen LogP contribution in [0.3, 0.4) is 0 Å². The van der Waals surface area contributed by atoms with Gasteiger partial charge in [-0.3, -0.25) is 0 Å². The van der Waals surface area contributed by atoms with E-state index in [4.69, 9.17) is 0 Å². The molecule has 11 rings (SSSR count). The molecule has 0 atom stereocenters. The Labute approximate surface area is 356 Å². The van der Waals surface area contributed by atoms with Crippen molar-refractivity contribution in [3.63, 3.8) is 0 Å². The molecule has 0 aliphatic rings. The van der Waals surface area contributed by atoms with Crippen molar-refractivity contribution in [2.24, 2.45) is 0 Å². The zero-order valence-electron chi connectivity index (χ0n) is 33.5. The summed E-state index contributed by atoms with van der Waals surface area (Å²) < 4.78 is 2.40. The second-order valence-electron chi connectivity index (χ2n) is 15.4. The minimum absolute atomic E-state index is 1.08. The van der Waals surface area contributed by atoms with Gasteiger partial charge in [0.15, 0.2) is 0 Å². The Hall–Kier alpha value is -8.14. The number of fused-ring (bicyclic) bond motifs is 4. The van der Waals surface area contributed by atoms with E-state index in [1.165, 1.54) is 54.8 Å². The molecule has 0 N–H and O–H groups in total. The van der Waals surface area contributed by atoms with Crippen molar-refractivity contribution in [1.82, 2.24) is 4.57 Å². The van der Waals surface area contributed by atoms with Crippen molar-refractivity contribution >= 4 is 66.7 Å². The second kappa shape index (κ2) is 15.6. The van der Waals surface area contributed by atoms with E-state index in [9.17, 15) is 0 Å². The lowest BCUT2D eigenvalue weighted by Gasteiger charge is -2.28. The minimum Gasteiger partial charge on any atom is -0.311 e. The van der Waals surface area contributed by atoms with E-state index < -0.39 is 0 Å². The molecule has 0 radical (unpaired) electrons. The summed E-state index contributed by atoms with van der Waals surface area (Å²) in [6, 6.07) is 89.4. The van der Waals surface area contributed by atoms with Crippen molar-refractivity contribution in [2.75, 3.05) is 9.80 Å². The Morgan fingerprint density at radius 2 is 0.607 bits per heavy atom. The summed E-state index contributed by atoms with van der Waals surface area (Å²) in [4.78, 5) is 4.64. The Morgan fingerprint density at radius 3 is 1.11 bits per heavy atom. The van der Waals surface area contributed by atoms with Crippen LogP contribution in [0.5, 0.6) is 0 Å². The predicted molar refractivity (Wildman–Crippen MR) is 259 cm³/mol. The van der Waals surface area contributed by atoms with E-state index in [2.05, 4.69) is 263 Å². The van der Waals surface area contributed by atoms with E-state index >= 15 is 0 Å². The molecule has 10 aromatic carbocycles. The fraction of sp³-hybridized carbons (Fsp3) is 0. The molecule has 3 nitrogen and oxygen atoms in total. The van der Waals surface area contributed by atoms with Crippen molar-refractivity contribution in [3.8, 4) is 27.9 Å². The normalized spacial score (nSPS) is 11.3. The Bertz CT molecular complexity index is 3210. The molecule has 1 heterocycles. The monoisotopic (exact) mass is 779 g/mol. The average Bonchev–Trinajstić information content (AvgIpc) is 3.66. The molecule has 61 heavy (non-hydrogen) atoms. The highest BCUT2D eigenvalue weighted by Gasteiger charge is 2.17. The van der Waals surface area contributed by atoms with Crippen LogP contribution >= 0.6 is 0 Å². The van der Waals surface area contributed by atoms with Gasteiger partial charge in [-0.15, -0.1) is 0 Å². The Kier molecular flexibility index (Phi) is 9.18. The highest BCUT2D eigenvalue weighted by Crippen LogP contribution is 2.41. The zero-order chi connectivity index (χ0) is 40.5. The minimum atomic E-state index is 1.08. The maximum Gasteiger partial charge on any atom is 0.0547 e. The van der Waals surface area contributed by atoms with E-state index in [1.807, 2.05) is 0 Å². The maximum atomic E-state index is 2.40. The molecule has 0 saturated carbocycles. The van der Waals surface area contributed by atoms with Crippen molar-refractivity contribution in [3.05, 3.63) is 249 Å². The average molecular weight is 780 g/mol. The van der Waals surface area contributed by atoms with E-state index in [0.29, 0.717) is 0 Å². The van der Waals surface area contributed by atoms with Gasteiger partial charge in [-0.05, 0) is 136 Å². The summed E-state index contributed by atoms with van der Waals surface area (Å²) in [6.07, 6.45) is 0. The Balaban J connectivity index is 0.945. The van der Waals surface area contributed by atoms with Gasteiger partial charge in [-0.1, -0.05) is 146 Å². The first kappa shape index (κ1) is 36.0. The lowest BCUT2D eigenvalue weighted by Crippen LogP contribution is -2.12. The van der Waals surface area contributed by atoms with Gasteiger partial charge in [-0.2, -0.15) is 0 Å². The summed E-state index contributed by atoms with van der Waals surface area (Å²) in [5.74, 6) is 0. The lowest BCUT2D eigenvalue weighted by atomic mass is 10.0. The van der Waals surface area contributed by atoms with Gasteiger partial charge in [0.05, 0.1) is 11.0 Å². The first-order valence-electron chi connectivity index (χ1n) is 20.8. The smallest absolute Gasteiger partial charge is 0.0547 e. The molecular formula is C58H41N3. The van der Waals surface area contributed by atoms with Crippen LogP contribution < -0.4 is 9.80 Å². The molecule has 288 valence electrons. The first-order chi connectivity index (χ1) is 30.2. The number of hydrogen-bond donors (Lipinski definition) is 0. The topological polar surface area (TPSA) is 11.4 Å².